The first kappa shape index (κ1) is 15.4. The van der Waals surface area contributed by atoms with E-state index in [9.17, 15) is 14.9 Å². The molecule has 0 bridgehead atoms. The third-order valence-electron chi connectivity index (χ3n) is 3.74. The summed E-state index contributed by atoms with van der Waals surface area (Å²) in [6, 6.07) is 7.78. The second kappa shape index (κ2) is 6.34. The molecule has 1 aliphatic carbocycles. The summed E-state index contributed by atoms with van der Waals surface area (Å²) in [4.78, 5) is 28.9. The molecule has 118 valence electrons. The van der Waals surface area contributed by atoms with Crippen molar-refractivity contribution in [3.8, 4) is 0 Å². The number of pyridine rings is 1. The summed E-state index contributed by atoms with van der Waals surface area (Å²) < 4.78 is 0. The first-order valence-corrected chi connectivity index (χ1v) is 7.58. The van der Waals surface area contributed by atoms with Crippen LogP contribution in [0.5, 0.6) is 0 Å². The Labute approximate surface area is 137 Å². The second-order valence-electron chi connectivity index (χ2n) is 5.44. The molecular weight excluding hydrogens is 318 g/mol. The van der Waals surface area contributed by atoms with Gasteiger partial charge in [-0.3, -0.25) is 19.9 Å². The lowest BCUT2D eigenvalue weighted by molar-refractivity contribution is -0.384. The highest BCUT2D eigenvalue weighted by atomic mass is 35.5. The van der Waals surface area contributed by atoms with Crippen molar-refractivity contribution in [1.82, 2.24) is 9.88 Å². The highest BCUT2D eigenvalue weighted by molar-refractivity contribution is 6.33. The quantitative estimate of drug-likeness (QED) is 0.621. The Morgan fingerprint density at radius 1 is 1.30 bits per heavy atom. The third kappa shape index (κ3) is 3.48. The lowest BCUT2D eigenvalue weighted by atomic mass is 10.1. The average molecular weight is 332 g/mol. The Kier molecular flexibility index (Phi) is 4.25. The number of aromatic nitrogens is 1. The molecule has 0 spiro atoms. The molecule has 1 aromatic heterocycles. The zero-order valence-corrected chi connectivity index (χ0v) is 12.9. The van der Waals surface area contributed by atoms with Crippen molar-refractivity contribution in [3.63, 3.8) is 0 Å². The fraction of sp³-hybridized carbons (Fsp3) is 0.250. The molecule has 1 aromatic carbocycles. The van der Waals surface area contributed by atoms with Gasteiger partial charge in [0, 0.05) is 37.1 Å². The zero-order valence-electron chi connectivity index (χ0n) is 12.2. The Morgan fingerprint density at radius 2 is 2.00 bits per heavy atom. The molecule has 0 unspecified atom stereocenters. The predicted molar refractivity (Wildman–Crippen MR) is 85.2 cm³/mol. The van der Waals surface area contributed by atoms with Crippen molar-refractivity contribution in [2.75, 3.05) is 0 Å². The Bertz CT molecular complexity index is 747. The Morgan fingerprint density at radius 3 is 2.61 bits per heavy atom. The van der Waals surface area contributed by atoms with Gasteiger partial charge >= 0.3 is 0 Å². The molecule has 6 nitrogen and oxygen atoms in total. The smallest absolute Gasteiger partial charge is 0.270 e. The number of non-ortho nitro benzene ring substituents is 1. The van der Waals surface area contributed by atoms with Crippen LogP contribution in [0.15, 0.2) is 42.7 Å². The number of halogens is 1. The molecule has 2 aromatic rings. The normalized spacial score (nSPS) is 13.6. The van der Waals surface area contributed by atoms with E-state index in [4.69, 9.17) is 11.6 Å². The van der Waals surface area contributed by atoms with Crippen molar-refractivity contribution in [2.45, 2.75) is 25.4 Å². The molecular formula is C16H14ClN3O3. The van der Waals surface area contributed by atoms with Gasteiger partial charge in [0.1, 0.15) is 0 Å². The van der Waals surface area contributed by atoms with Crippen LogP contribution in [0.1, 0.15) is 28.8 Å². The van der Waals surface area contributed by atoms with Crippen LogP contribution in [0.25, 0.3) is 0 Å². The molecule has 1 heterocycles. The topological polar surface area (TPSA) is 76.3 Å². The van der Waals surface area contributed by atoms with Gasteiger partial charge in [-0.15, -0.1) is 0 Å². The lowest BCUT2D eigenvalue weighted by Gasteiger charge is -2.23. The summed E-state index contributed by atoms with van der Waals surface area (Å²) in [7, 11) is 0. The molecule has 0 N–H and O–H groups in total. The van der Waals surface area contributed by atoms with Crippen molar-refractivity contribution < 1.29 is 9.72 Å². The second-order valence-corrected chi connectivity index (χ2v) is 5.85. The van der Waals surface area contributed by atoms with Gasteiger partial charge in [-0.25, -0.2) is 0 Å². The fourth-order valence-electron chi connectivity index (χ4n) is 2.38. The monoisotopic (exact) mass is 331 g/mol. The maximum Gasteiger partial charge on any atom is 0.270 e. The van der Waals surface area contributed by atoms with Gasteiger partial charge in [0.2, 0.25) is 0 Å². The van der Waals surface area contributed by atoms with E-state index in [-0.39, 0.29) is 28.2 Å². The van der Waals surface area contributed by atoms with E-state index in [1.807, 2.05) is 12.1 Å². The number of hydrogen-bond donors (Lipinski definition) is 0. The molecule has 3 rings (SSSR count). The first-order valence-electron chi connectivity index (χ1n) is 7.20. The van der Waals surface area contributed by atoms with Crippen molar-refractivity contribution in [2.24, 2.45) is 0 Å². The number of benzene rings is 1. The number of carbonyl (C=O) groups is 1. The molecule has 1 saturated carbocycles. The molecule has 0 radical (unpaired) electrons. The van der Waals surface area contributed by atoms with Crippen LogP contribution in [-0.4, -0.2) is 26.8 Å². The molecule has 1 amide bonds. The third-order valence-corrected chi connectivity index (χ3v) is 4.07. The van der Waals surface area contributed by atoms with E-state index < -0.39 is 4.92 Å². The molecule has 0 atom stereocenters. The van der Waals surface area contributed by atoms with Crippen LogP contribution in [0.2, 0.25) is 5.02 Å². The van der Waals surface area contributed by atoms with Gasteiger partial charge in [-0.2, -0.15) is 0 Å². The molecule has 1 aliphatic rings. The maximum absolute atomic E-state index is 12.8. The van der Waals surface area contributed by atoms with Gasteiger partial charge < -0.3 is 4.90 Å². The van der Waals surface area contributed by atoms with E-state index in [1.165, 1.54) is 18.2 Å². The first-order chi connectivity index (χ1) is 11.1. The SMILES string of the molecule is O=C(c1cc([N+](=O)[O-])ccc1Cl)N(Cc1ccncc1)C1CC1. The van der Waals surface area contributed by atoms with Gasteiger partial charge in [0.15, 0.2) is 0 Å². The number of hydrogen-bond acceptors (Lipinski definition) is 4. The number of nitro benzene ring substituents is 1. The summed E-state index contributed by atoms with van der Waals surface area (Å²) in [5, 5.41) is 11.1. The van der Waals surface area contributed by atoms with E-state index in [0.717, 1.165) is 18.4 Å². The number of carbonyl (C=O) groups excluding carboxylic acids is 1. The minimum Gasteiger partial charge on any atom is -0.331 e. The van der Waals surface area contributed by atoms with Crippen molar-refractivity contribution >= 4 is 23.2 Å². The van der Waals surface area contributed by atoms with Crippen LogP contribution >= 0.6 is 11.6 Å². The molecule has 23 heavy (non-hydrogen) atoms. The Balaban J connectivity index is 1.90. The van der Waals surface area contributed by atoms with Gasteiger partial charge in [-0.1, -0.05) is 11.6 Å². The highest BCUT2D eigenvalue weighted by Crippen LogP contribution is 2.32. The zero-order chi connectivity index (χ0) is 16.4. The van der Waals surface area contributed by atoms with E-state index >= 15 is 0 Å². The predicted octanol–water partition coefficient (Wildman–Crippen LogP) is 3.45. The van der Waals surface area contributed by atoms with Gasteiger partial charge in [-0.05, 0) is 36.6 Å². The molecule has 0 aliphatic heterocycles. The van der Waals surface area contributed by atoms with Crippen LogP contribution < -0.4 is 0 Å². The average Bonchev–Trinajstić information content (AvgIpc) is 3.38. The fourth-order valence-corrected chi connectivity index (χ4v) is 2.58. The van der Waals surface area contributed by atoms with Crippen LogP contribution in [0, 0.1) is 10.1 Å². The summed E-state index contributed by atoms with van der Waals surface area (Å²) in [5.74, 6) is -0.280. The van der Waals surface area contributed by atoms with E-state index in [0.29, 0.717) is 6.54 Å². The summed E-state index contributed by atoms with van der Waals surface area (Å²) in [5.41, 5.74) is 0.987. The van der Waals surface area contributed by atoms with Gasteiger partial charge in [0.25, 0.3) is 11.6 Å². The lowest BCUT2D eigenvalue weighted by Crippen LogP contribution is -2.32. The highest BCUT2D eigenvalue weighted by Gasteiger charge is 2.34. The Hall–Kier alpha value is -2.47. The number of amides is 1. The molecule has 0 saturated heterocycles. The van der Waals surface area contributed by atoms with Crippen LogP contribution in [0.3, 0.4) is 0 Å². The van der Waals surface area contributed by atoms with E-state index in [2.05, 4.69) is 4.98 Å². The standard InChI is InChI=1S/C16H14ClN3O3/c17-15-4-3-13(20(22)23)9-14(15)16(21)19(12-1-2-12)10-11-5-7-18-8-6-11/h3-9,12H,1-2,10H2. The maximum atomic E-state index is 12.8. The van der Waals surface area contributed by atoms with Crippen molar-refractivity contribution in [3.05, 3.63) is 69.0 Å². The molecule has 1 fully saturated rings. The van der Waals surface area contributed by atoms with Crippen LogP contribution in [0.4, 0.5) is 5.69 Å². The molecule has 7 heteroatoms. The minimum absolute atomic E-state index is 0.141. The summed E-state index contributed by atoms with van der Waals surface area (Å²) in [6.45, 7) is 0.436. The minimum atomic E-state index is -0.530. The summed E-state index contributed by atoms with van der Waals surface area (Å²) in [6.07, 6.45) is 5.21. The summed E-state index contributed by atoms with van der Waals surface area (Å²) >= 11 is 6.09. The number of nitrogens with zero attached hydrogens (tertiary/aromatic N) is 3. The van der Waals surface area contributed by atoms with Crippen LogP contribution in [-0.2, 0) is 6.54 Å². The van der Waals surface area contributed by atoms with Gasteiger partial charge in [0.05, 0.1) is 15.5 Å². The van der Waals surface area contributed by atoms with E-state index in [1.54, 1.807) is 17.3 Å². The van der Waals surface area contributed by atoms with Crippen molar-refractivity contribution in [1.29, 1.82) is 0 Å². The number of nitro groups is 1. The number of rotatable bonds is 5. The largest absolute Gasteiger partial charge is 0.331 e.